The third-order valence-corrected chi connectivity index (χ3v) is 4.42. The molecule has 1 heteroatoms. The zero-order chi connectivity index (χ0) is 12.3. The lowest BCUT2D eigenvalue weighted by molar-refractivity contribution is 0.112. The van der Waals surface area contributed by atoms with Crippen molar-refractivity contribution in [1.82, 2.24) is 0 Å². The molecule has 2 rings (SSSR count). The van der Waals surface area contributed by atoms with Crippen LogP contribution < -0.4 is 5.73 Å². The van der Waals surface area contributed by atoms with Gasteiger partial charge in [-0.15, -0.1) is 0 Å². The molecule has 0 spiro atoms. The molecule has 1 nitrogen and oxygen atoms in total. The Labute approximate surface area is 105 Å². The first-order valence-electron chi connectivity index (χ1n) is 6.89. The Morgan fingerprint density at radius 3 is 2.59 bits per heavy atom. The SMILES string of the molecule is CC1(C)CCCCC1C(N)Cc1ccccc1. The molecule has 1 aliphatic rings. The minimum atomic E-state index is 0.313. The topological polar surface area (TPSA) is 26.0 Å². The Balaban J connectivity index is 2.02. The second-order valence-corrected chi connectivity index (χ2v) is 6.19. The van der Waals surface area contributed by atoms with E-state index in [-0.39, 0.29) is 0 Å². The molecule has 1 aromatic carbocycles. The maximum absolute atomic E-state index is 6.46. The van der Waals surface area contributed by atoms with Crippen LogP contribution in [0, 0.1) is 11.3 Å². The van der Waals surface area contributed by atoms with Gasteiger partial charge >= 0.3 is 0 Å². The normalized spacial score (nSPS) is 25.5. The first kappa shape index (κ1) is 12.6. The van der Waals surface area contributed by atoms with Crippen molar-refractivity contribution < 1.29 is 0 Å². The summed E-state index contributed by atoms with van der Waals surface area (Å²) in [5, 5.41) is 0. The summed E-state index contributed by atoms with van der Waals surface area (Å²) in [5.41, 5.74) is 8.26. The molecule has 0 radical (unpaired) electrons. The molecular formula is C16H25N. The molecule has 0 amide bonds. The summed E-state index contributed by atoms with van der Waals surface area (Å²) in [6.07, 6.45) is 6.40. The molecule has 0 bridgehead atoms. The van der Waals surface area contributed by atoms with Gasteiger partial charge in [0, 0.05) is 6.04 Å². The van der Waals surface area contributed by atoms with E-state index in [1.807, 2.05) is 0 Å². The van der Waals surface area contributed by atoms with E-state index in [1.54, 1.807) is 0 Å². The maximum Gasteiger partial charge on any atom is 0.0113 e. The number of hydrogen-bond donors (Lipinski definition) is 1. The van der Waals surface area contributed by atoms with E-state index in [0.717, 1.165) is 6.42 Å². The molecule has 1 aromatic rings. The Bertz CT molecular complexity index is 342. The van der Waals surface area contributed by atoms with E-state index in [4.69, 9.17) is 5.73 Å². The largest absolute Gasteiger partial charge is 0.327 e. The fraction of sp³-hybridized carbons (Fsp3) is 0.625. The molecule has 0 aliphatic heterocycles. The van der Waals surface area contributed by atoms with Gasteiger partial charge in [-0.05, 0) is 36.2 Å². The van der Waals surface area contributed by atoms with E-state index >= 15 is 0 Å². The summed E-state index contributed by atoms with van der Waals surface area (Å²) in [6.45, 7) is 4.78. The average molecular weight is 231 g/mol. The Morgan fingerprint density at radius 2 is 1.94 bits per heavy atom. The monoisotopic (exact) mass is 231 g/mol. The van der Waals surface area contributed by atoms with Gasteiger partial charge in [0.1, 0.15) is 0 Å². The standard InChI is InChI=1S/C16H25N/c1-16(2)11-7-6-10-14(16)15(17)12-13-8-4-3-5-9-13/h3-5,8-9,14-15H,6-7,10-12,17H2,1-2H3. The molecule has 17 heavy (non-hydrogen) atoms. The summed E-state index contributed by atoms with van der Waals surface area (Å²) in [4.78, 5) is 0. The van der Waals surface area contributed by atoms with Crippen LogP contribution in [0.5, 0.6) is 0 Å². The van der Waals surface area contributed by atoms with Gasteiger partial charge in [-0.1, -0.05) is 57.0 Å². The van der Waals surface area contributed by atoms with Crippen molar-refractivity contribution >= 4 is 0 Å². The van der Waals surface area contributed by atoms with Gasteiger partial charge in [0.15, 0.2) is 0 Å². The molecule has 0 aromatic heterocycles. The van der Waals surface area contributed by atoms with Gasteiger partial charge in [0.05, 0.1) is 0 Å². The van der Waals surface area contributed by atoms with Crippen LogP contribution in [0.1, 0.15) is 45.1 Å². The van der Waals surface area contributed by atoms with E-state index in [1.165, 1.54) is 31.2 Å². The highest BCUT2D eigenvalue weighted by molar-refractivity contribution is 5.16. The number of nitrogens with two attached hydrogens (primary N) is 1. The minimum Gasteiger partial charge on any atom is -0.327 e. The number of benzene rings is 1. The Morgan fingerprint density at radius 1 is 1.24 bits per heavy atom. The summed E-state index contributed by atoms with van der Waals surface area (Å²) in [5.74, 6) is 0.677. The first-order valence-corrected chi connectivity index (χ1v) is 6.89. The summed E-state index contributed by atoms with van der Waals surface area (Å²) >= 11 is 0. The van der Waals surface area contributed by atoms with Crippen molar-refractivity contribution in [2.24, 2.45) is 17.1 Å². The molecule has 2 N–H and O–H groups in total. The van der Waals surface area contributed by atoms with Crippen LogP contribution in [0.4, 0.5) is 0 Å². The van der Waals surface area contributed by atoms with Crippen LogP contribution in [0.3, 0.4) is 0 Å². The van der Waals surface area contributed by atoms with Crippen LogP contribution in [-0.4, -0.2) is 6.04 Å². The van der Waals surface area contributed by atoms with Gasteiger partial charge in [0.25, 0.3) is 0 Å². The molecule has 94 valence electrons. The lowest BCUT2D eigenvalue weighted by Gasteiger charge is -2.42. The summed E-state index contributed by atoms with van der Waals surface area (Å²) < 4.78 is 0. The third kappa shape index (κ3) is 3.10. The summed E-state index contributed by atoms with van der Waals surface area (Å²) in [6, 6.07) is 11.0. The van der Waals surface area contributed by atoms with E-state index < -0.39 is 0 Å². The highest BCUT2D eigenvalue weighted by atomic mass is 14.7. The first-order chi connectivity index (χ1) is 8.09. The van der Waals surface area contributed by atoms with Crippen LogP contribution in [0.25, 0.3) is 0 Å². The second-order valence-electron chi connectivity index (χ2n) is 6.19. The van der Waals surface area contributed by atoms with Crippen LogP contribution in [-0.2, 0) is 6.42 Å². The molecule has 0 saturated heterocycles. The molecule has 2 unspecified atom stereocenters. The Hall–Kier alpha value is -0.820. The Kier molecular flexibility index (Phi) is 3.88. The zero-order valence-electron chi connectivity index (χ0n) is 11.2. The maximum atomic E-state index is 6.46. The average Bonchev–Trinajstić information content (AvgIpc) is 2.29. The van der Waals surface area contributed by atoms with Gasteiger partial charge in [-0.2, -0.15) is 0 Å². The quantitative estimate of drug-likeness (QED) is 0.842. The second kappa shape index (κ2) is 5.22. The van der Waals surface area contributed by atoms with E-state index in [2.05, 4.69) is 44.2 Å². The fourth-order valence-electron chi connectivity index (χ4n) is 3.34. The lowest BCUT2D eigenvalue weighted by Crippen LogP contribution is -2.42. The zero-order valence-corrected chi connectivity index (χ0v) is 11.2. The smallest absolute Gasteiger partial charge is 0.0113 e. The van der Waals surface area contributed by atoms with Gasteiger partial charge in [-0.25, -0.2) is 0 Å². The van der Waals surface area contributed by atoms with E-state index in [0.29, 0.717) is 17.4 Å². The predicted molar refractivity (Wildman–Crippen MR) is 73.9 cm³/mol. The van der Waals surface area contributed by atoms with Crippen molar-refractivity contribution in [1.29, 1.82) is 0 Å². The van der Waals surface area contributed by atoms with Crippen molar-refractivity contribution in [3.05, 3.63) is 35.9 Å². The van der Waals surface area contributed by atoms with Gasteiger partial charge in [-0.3, -0.25) is 0 Å². The van der Waals surface area contributed by atoms with E-state index in [9.17, 15) is 0 Å². The predicted octanol–water partition coefficient (Wildman–Crippen LogP) is 3.77. The molecule has 1 aliphatic carbocycles. The highest BCUT2D eigenvalue weighted by Gasteiger charge is 2.35. The number of hydrogen-bond acceptors (Lipinski definition) is 1. The molecule has 1 saturated carbocycles. The minimum absolute atomic E-state index is 0.313. The van der Waals surface area contributed by atoms with Crippen molar-refractivity contribution in [3.63, 3.8) is 0 Å². The van der Waals surface area contributed by atoms with Crippen LogP contribution >= 0.6 is 0 Å². The van der Waals surface area contributed by atoms with Gasteiger partial charge < -0.3 is 5.73 Å². The van der Waals surface area contributed by atoms with Crippen LogP contribution in [0.15, 0.2) is 30.3 Å². The highest BCUT2D eigenvalue weighted by Crippen LogP contribution is 2.42. The van der Waals surface area contributed by atoms with Crippen molar-refractivity contribution in [2.45, 2.75) is 52.0 Å². The number of rotatable bonds is 3. The molecule has 1 fully saturated rings. The third-order valence-electron chi connectivity index (χ3n) is 4.42. The lowest BCUT2D eigenvalue weighted by atomic mass is 9.65. The molecule has 0 heterocycles. The molecular weight excluding hydrogens is 206 g/mol. The van der Waals surface area contributed by atoms with Gasteiger partial charge in [0.2, 0.25) is 0 Å². The van der Waals surface area contributed by atoms with Crippen molar-refractivity contribution in [3.8, 4) is 0 Å². The summed E-state index contributed by atoms with van der Waals surface area (Å²) in [7, 11) is 0. The van der Waals surface area contributed by atoms with Crippen LogP contribution in [0.2, 0.25) is 0 Å². The molecule has 2 atom stereocenters. The van der Waals surface area contributed by atoms with Crippen molar-refractivity contribution in [2.75, 3.05) is 0 Å². The fourth-order valence-corrected chi connectivity index (χ4v) is 3.34.